The molecule has 0 saturated carbocycles. The summed E-state index contributed by atoms with van der Waals surface area (Å²) in [5.74, 6) is 0.601. The molecule has 1 N–H and O–H groups in total. The highest BCUT2D eigenvalue weighted by Crippen LogP contribution is 2.24. The average molecular weight is 379 g/mol. The van der Waals surface area contributed by atoms with Gasteiger partial charge in [-0.25, -0.2) is 15.0 Å². The van der Waals surface area contributed by atoms with E-state index in [4.69, 9.17) is 16.3 Å². The Labute approximate surface area is 162 Å². The van der Waals surface area contributed by atoms with Gasteiger partial charge in [0.2, 0.25) is 5.88 Å². The van der Waals surface area contributed by atoms with Crippen molar-refractivity contribution in [3.05, 3.63) is 82.0 Å². The molecule has 6 heteroatoms. The molecule has 136 valence electrons. The highest BCUT2D eigenvalue weighted by atomic mass is 35.5. The van der Waals surface area contributed by atoms with E-state index >= 15 is 0 Å². The topological polar surface area (TPSA) is 63.7 Å². The second kappa shape index (κ2) is 7.37. The fourth-order valence-corrected chi connectivity index (χ4v) is 3.33. The lowest BCUT2D eigenvalue weighted by Gasteiger charge is -2.07. The largest absolute Gasteiger partial charge is 0.481 e. The van der Waals surface area contributed by atoms with E-state index in [0.717, 1.165) is 39.0 Å². The smallest absolute Gasteiger partial charge is 0.212 e. The molecule has 4 heterocycles. The van der Waals surface area contributed by atoms with Gasteiger partial charge in [0.1, 0.15) is 10.8 Å². The first-order valence-corrected chi connectivity index (χ1v) is 9.06. The predicted octanol–water partition coefficient (Wildman–Crippen LogP) is 4.50. The van der Waals surface area contributed by atoms with Gasteiger partial charge in [-0.05, 0) is 41.3 Å². The highest BCUT2D eigenvalue weighted by Gasteiger charge is 2.10. The summed E-state index contributed by atoms with van der Waals surface area (Å²) in [7, 11) is 1.60. The fraction of sp³-hybridized carbons (Fsp3) is 0.190. The van der Waals surface area contributed by atoms with E-state index in [-0.39, 0.29) is 0 Å². The van der Waals surface area contributed by atoms with Crippen molar-refractivity contribution >= 4 is 22.6 Å². The van der Waals surface area contributed by atoms with Gasteiger partial charge in [-0.2, -0.15) is 0 Å². The molecule has 0 amide bonds. The Hall–Kier alpha value is -2.92. The van der Waals surface area contributed by atoms with Crippen LogP contribution in [0.15, 0.2) is 48.9 Å². The second-order valence-corrected chi connectivity index (χ2v) is 6.90. The predicted molar refractivity (Wildman–Crippen MR) is 106 cm³/mol. The van der Waals surface area contributed by atoms with Crippen molar-refractivity contribution in [2.24, 2.45) is 0 Å². The standard InChI is InChI=1S/C21H19ClN4O/c1-13-7-18-16(12-25-21(18)24-10-13)9-15-4-5-17(26-20(15)22)8-14-3-6-19(27-2)23-11-14/h3-7,10-12H,8-9H2,1-2H3,(H,24,25). The molecule has 0 aromatic carbocycles. The van der Waals surface area contributed by atoms with E-state index in [1.165, 1.54) is 0 Å². The third kappa shape index (κ3) is 3.78. The van der Waals surface area contributed by atoms with Crippen LogP contribution in [-0.4, -0.2) is 27.0 Å². The van der Waals surface area contributed by atoms with Gasteiger partial charge in [0, 0.05) is 48.6 Å². The molecule has 0 saturated heterocycles. The lowest BCUT2D eigenvalue weighted by atomic mass is 10.0. The molecular weight excluding hydrogens is 360 g/mol. The van der Waals surface area contributed by atoms with Crippen LogP contribution < -0.4 is 4.74 Å². The number of rotatable bonds is 5. The van der Waals surface area contributed by atoms with Crippen LogP contribution in [-0.2, 0) is 12.8 Å². The van der Waals surface area contributed by atoms with E-state index in [9.17, 15) is 0 Å². The van der Waals surface area contributed by atoms with Crippen LogP contribution >= 0.6 is 11.6 Å². The normalized spacial score (nSPS) is 11.1. The number of ether oxygens (including phenoxy) is 1. The van der Waals surface area contributed by atoms with Crippen molar-refractivity contribution in [1.82, 2.24) is 19.9 Å². The van der Waals surface area contributed by atoms with Gasteiger partial charge in [0.15, 0.2) is 0 Å². The summed E-state index contributed by atoms with van der Waals surface area (Å²) in [6, 6.07) is 10.0. The van der Waals surface area contributed by atoms with Crippen LogP contribution in [0.2, 0.25) is 5.15 Å². The number of hydrogen-bond acceptors (Lipinski definition) is 4. The second-order valence-electron chi connectivity index (χ2n) is 6.54. The fourth-order valence-electron chi connectivity index (χ4n) is 3.09. The van der Waals surface area contributed by atoms with E-state index in [0.29, 0.717) is 23.9 Å². The Kier molecular flexibility index (Phi) is 4.77. The van der Waals surface area contributed by atoms with Gasteiger partial charge in [-0.3, -0.25) is 0 Å². The molecule has 4 aromatic heterocycles. The lowest BCUT2D eigenvalue weighted by Crippen LogP contribution is -1.98. The van der Waals surface area contributed by atoms with E-state index in [1.54, 1.807) is 13.3 Å². The molecule has 0 unspecified atom stereocenters. The number of aryl methyl sites for hydroxylation is 1. The van der Waals surface area contributed by atoms with Crippen LogP contribution in [0.3, 0.4) is 0 Å². The number of aromatic amines is 1. The third-order valence-corrected chi connectivity index (χ3v) is 4.84. The molecule has 4 aromatic rings. The molecule has 0 fully saturated rings. The summed E-state index contributed by atoms with van der Waals surface area (Å²) in [4.78, 5) is 16.4. The van der Waals surface area contributed by atoms with Crippen molar-refractivity contribution in [3.63, 3.8) is 0 Å². The van der Waals surface area contributed by atoms with Gasteiger partial charge >= 0.3 is 0 Å². The van der Waals surface area contributed by atoms with Crippen molar-refractivity contribution in [2.75, 3.05) is 7.11 Å². The van der Waals surface area contributed by atoms with Gasteiger partial charge in [0.05, 0.1) is 7.11 Å². The monoisotopic (exact) mass is 378 g/mol. The minimum absolute atomic E-state index is 0.531. The minimum Gasteiger partial charge on any atom is -0.481 e. The Morgan fingerprint density at radius 2 is 1.93 bits per heavy atom. The zero-order chi connectivity index (χ0) is 18.8. The van der Waals surface area contributed by atoms with Crippen LogP contribution in [0.1, 0.15) is 27.9 Å². The summed E-state index contributed by atoms with van der Waals surface area (Å²) in [5.41, 5.74) is 6.16. The Balaban J connectivity index is 1.55. The molecular formula is C21H19ClN4O. The number of pyridine rings is 3. The molecule has 27 heavy (non-hydrogen) atoms. The highest BCUT2D eigenvalue weighted by molar-refractivity contribution is 6.30. The quantitative estimate of drug-likeness (QED) is 0.519. The maximum absolute atomic E-state index is 6.47. The van der Waals surface area contributed by atoms with E-state index in [2.05, 4.69) is 26.0 Å². The summed E-state index contributed by atoms with van der Waals surface area (Å²) >= 11 is 6.47. The van der Waals surface area contributed by atoms with Crippen molar-refractivity contribution < 1.29 is 4.74 Å². The number of nitrogens with zero attached hydrogens (tertiary/aromatic N) is 3. The first-order valence-electron chi connectivity index (χ1n) is 8.68. The van der Waals surface area contributed by atoms with E-state index in [1.807, 2.05) is 43.6 Å². The SMILES string of the molecule is COc1ccc(Cc2ccc(Cc3c[nH]c4ncc(C)cc34)c(Cl)n2)cn1. The van der Waals surface area contributed by atoms with E-state index < -0.39 is 0 Å². The van der Waals surface area contributed by atoms with Gasteiger partial charge < -0.3 is 9.72 Å². The molecule has 5 nitrogen and oxygen atoms in total. The number of nitrogens with one attached hydrogen (secondary N) is 1. The van der Waals surface area contributed by atoms with Crippen molar-refractivity contribution in [3.8, 4) is 5.88 Å². The number of H-pyrrole nitrogens is 1. The van der Waals surface area contributed by atoms with Gasteiger partial charge in [0.25, 0.3) is 0 Å². The maximum atomic E-state index is 6.47. The summed E-state index contributed by atoms with van der Waals surface area (Å²) in [5, 5.41) is 1.66. The van der Waals surface area contributed by atoms with Crippen LogP contribution in [0, 0.1) is 6.92 Å². The number of methoxy groups -OCH3 is 1. The molecule has 0 spiro atoms. The minimum atomic E-state index is 0.531. The third-order valence-electron chi connectivity index (χ3n) is 4.51. The molecule has 0 aliphatic carbocycles. The Morgan fingerprint density at radius 3 is 2.67 bits per heavy atom. The van der Waals surface area contributed by atoms with Crippen LogP contribution in [0.4, 0.5) is 0 Å². The summed E-state index contributed by atoms with van der Waals surface area (Å²) < 4.78 is 5.09. The Bertz CT molecular complexity index is 1090. The van der Waals surface area contributed by atoms with Gasteiger partial charge in [-0.1, -0.05) is 23.7 Å². The van der Waals surface area contributed by atoms with Crippen molar-refractivity contribution in [2.45, 2.75) is 19.8 Å². The zero-order valence-corrected chi connectivity index (χ0v) is 15.9. The molecule has 0 aliphatic heterocycles. The number of halogens is 1. The first-order chi connectivity index (χ1) is 13.1. The summed E-state index contributed by atoms with van der Waals surface area (Å²) in [6.45, 7) is 2.04. The molecule has 0 radical (unpaired) electrons. The van der Waals surface area contributed by atoms with Gasteiger partial charge in [-0.15, -0.1) is 0 Å². The lowest BCUT2D eigenvalue weighted by molar-refractivity contribution is 0.397. The zero-order valence-electron chi connectivity index (χ0n) is 15.2. The molecule has 0 atom stereocenters. The van der Waals surface area contributed by atoms with Crippen LogP contribution in [0.25, 0.3) is 11.0 Å². The number of hydrogen-bond donors (Lipinski definition) is 1. The summed E-state index contributed by atoms with van der Waals surface area (Å²) in [6.07, 6.45) is 7.03. The molecule has 4 rings (SSSR count). The van der Waals surface area contributed by atoms with Crippen LogP contribution in [0.5, 0.6) is 5.88 Å². The maximum Gasteiger partial charge on any atom is 0.212 e. The Morgan fingerprint density at radius 1 is 1.04 bits per heavy atom. The number of aromatic nitrogens is 4. The molecule has 0 aliphatic rings. The number of fused-ring (bicyclic) bond motifs is 1. The average Bonchev–Trinajstić information content (AvgIpc) is 3.06. The first kappa shape index (κ1) is 17.5. The molecule has 0 bridgehead atoms. The van der Waals surface area contributed by atoms with Crippen molar-refractivity contribution in [1.29, 1.82) is 0 Å².